The molecule has 4 atom stereocenters. The van der Waals surface area contributed by atoms with Crippen molar-refractivity contribution in [2.45, 2.75) is 38.2 Å². The predicted octanol–water partition coefficient (Wildman–Crippen LogP) is -0.536. The molecule has 0 spiro atoms. The molecule has 8 heteroatoms. The molecule has 0 aliphatic carbocycles. The van der Waals surface area contributed by atoms with Crippen molar-refractivity contribution in [2.24, 2.45) is 0 Å². The Morgan fingerprint density at radius 2 is 1.84 bits per heavy atom. The zero-order valence-corrected chi connectivity index (χ0v) is 13.8. The Balaban J connectivity index is 2.30. The lowest BCUT2D eigenvalue weighted by Crippen LogP contribution is -2.49. The lowest BCUT2D eigenvalue weighted by atomic mass is 10.0. The summed E-state index contributed by atoms with van der Waals surface area (Å²) < 4.78 is 5.22. The molecule has 0 saturated heterocycles. The van der Waals surface area contributed by atoms with Crippen molar-refractivity contribution in [1.29, 1.82) is 0 Å². The lowest BCUT2D eigenvalue weighted by molar-refractivity contribution is -0.117. The van der Waals surface area contributed by atoms with E-state index in [9.17, 15) is 24.9 Å². The number of carbonyl (C=O) groups excluding carboxylic acids is 1. The first-order valence-corrected chi connectivity index (χ1v) is 7.71. The number of carbonyl (C=O) groups is 1. The highest BCUT2D eigenvalue weighted by atomic mass is 16.4. The van der Waals surface area contributed by atoms with E-state index in [-0.39, 0.29) is 0 Å². The van der Waals surface area contributed by atoms with E-state index < -0.39 is 36.6 Å². The Kier molecular flexibility index (Phi) is 5.91. The van der Waals surface area contributed by atoms with Gasteiger partial charge in [-0.1, -0.05) is 0 Å². The summed E-state index contributed by atoms with van der Waals surface area (Å²) in [5.41, 5.74) is 1.52. The molecule has 0 amide bonds. The van der Waals surface area contributed by atoms with E-state index in [1.54, 1.807) is 26.0 Å². The Morgan fingerprint density at radius 1 is 1.16 bits per heavy atom. The van der Waals surface area contributed by atoms with E-state index >= 15 is 0 Å². The number of fused-ring (bicyclic) bond motifs is 1. The minimum atomic E-state index is -1.71. The van der Waals surface area contributed by atoms with Crippen molar-refractivity contribution < 1.29 is 29.6 Å². The van der Waals surface area contributed by atoms with Crippen LogP contribution in [0.25, 0.3) is 11.0 Å². The number of aryl methyl sites for hydroxylation is 1. The van der Waals surface area contributed by atoms with Gasteiger partial charge >= 0.3 is 5.63 Å². The summed E-state index contributed by atoms with van der Waals surface area (Å²) >= 11 is 0. The number of rotatable bonds is 7. The number of aliphatic hydroxyl groups is 4. The molecule has 25 heavy (non-hydrogen) atoms. The van der Waals surface area contributed by atoms with Gasteiger partial charge in [0.05, 0.1) is 6.61 Å². The van der Waals surface area contributed by atoms with Crippen LogP contribution in [0.2, 0.25) is 0 Å². The fourth-order valence-corrected chi connectivity index (χ4v) is 2.48. The van der Waals surface area contributed by atoms with Gasteiger partial charge in [0.1, 0.15) is 36.2 Å². The summed E-state index contributed by atoms with van der Waals surface area (Å²) in [6.07, 6.45) is -4.57. The van der Waals surface area contributed by atoms with Crippen LogP contribution in [0, 0.1) is 13.8 Å². The van der Waals surface area contributed by atoms with Crippen molar-refractivity contribution >= 4 is 22.9 Å². The average Bonchev–Trinajstić information content (AvgIpc) is 2.62. The van der Waals surface area contributed by atoms with Gasteiger partial charge < -0.3 is 35.0 Å². The summed E-state index contributed by atoms with van der Waals surface area (Å²) in [7, 11) is 0. The maximum Gasteiger partial charge on any atom is 0.339 e. The third-order valence-corrected chi connectivity index (χ3v) is 4.24. The molecule has 1 heterocycles. The normalized spacial score (nSPS) is 16.2. The summed E-state index contributed by atoms with van der Waals surface area (Å²) in [4.78, 5) is 23.0. The molecule has 8 nitrogen and oxygen atoms in total. The minimum Gasteiger partial charge on any atom is -0.422 e. The van der Waals surface area contributed by atoms with Crippen LogP contribution in [0.4, 0.5) is 5.69 Å². The molecule has 0 unspecified atom stereocenters. The van der Waals surface area contributed by atoms with Crippen molar-refractivity contribution in [3.8, 4) is 0 Å². The predicted molar refractivity (Wildman–Crippen MR) is 90.5 cm³/mol. The van der Waals surface area contributed by atoms with Crippen molar-refractivity contribution in [3.05, 3.63) is 39.7 Å². The lowest BCUT2D eigenvalue weighted by Gasteiger charge is -2.26. The first-order valence-electron chi connectivity index (χ1n) is 7.71. The summed E-state index contributed by atoms with van der Waals surface area (Å²) in [6, 6.07) is 3.59. The van der Waals surface area contributed by atoms with Crippen LogP contribution in [0.15, 0.2) is 27.4 Å². The van der Waals surface area contributed by atoms with Crippen molar-refractivity contribution in [2.75, 3.05) is 11.9 Å². The maximum atomic E-state index is 11.8. The third kappa shape index (κ3) is 3.88. The second kappa shape index (κ2) is 7.75. The quantitative estimate of drug-likeness (QED) is 0.331. The summed E-state index contributed by atoms with van der Waals surface area (Å²) in [6.45, 7) is 2.70. The van der Waals surface area contributed by atoms with Crippen molar-refractivity contribution in [1.82, 2.24) is 0 Å². The first-order chi connectivity index (χ1) is 11.8. The highest BCUT2D eigenvalue weighted by Gasteiger charge is 2.31. The highest BCUT2D eigenvalue weighted by molar-refractivity contribution is 5.84. The van der Waals surface area contributed by atoms with Crippen LogP contribution >= 0.6 is 0 Å². The second-order valence-electron chi connectivity index (χ2n) is 5.89. The molecule has 136 valence electrons. The van der Waals surface area contributed by atoms with Gasteiger partial charge in [-0.2, -0.15) is 0 Å². The second-order valence-corrected chi connectivity index (χ2v) is 5.89. The zero-order valence-electron chi connectivity index (χ0n) is 13.8. The van der Waals surface area contributed by atoms with Gasteiger partial charge in [-0.25, -0.2) is 4.79 Å². The van der Waals surface area contributed by atoms with E-state index in [0.29, 0.717) is 23.1 Å². The topological polar surface area (TPSA) is 140 Å². The number of anilines is 1. The molecule has 0 aliphatic heterocycles. The Bertz CT molecular complexity index is 816. The van der Waals surface area contributed by atoms with Crippen LogP contribution in [0.5, 0.6) is 0 Å². The number of benzene rings is 1. The average molecular weight is 351 g/mol. The Labute approximate surface area is 143 Å². The molecule has 0 aliphatic rings. The van der Waals surface area contributed by atoms with Crippen molar-refractivity contribution in [3.63, 3.8) is 0 Å². The monoisotopic (exact) mass is 351 g/mol. The van der Waals surface area contributed by atoms with E-state index in [2.05, 4.69) is 5.32 Å². The van der Waals surface area contributed by atoms with Crippen LogP contribution < -0.4 is 10.9 Å². The van der Waals surface area contributed by atoms with E-state index in [1.807, 2.05) is 0 Å². The number of nitrogens with one attached hydrogen (secondary N) is 1. The fraction of sp³-hybridized carbons (Fsp3) is 0.412. The van der Waals surface area contributed by atoms with Crippen LogP contribution in [-0.4, -0.2) is 57.7 Å². The number of aldehydes is 1. The van der Waals surface area contributed by atoms with Crippen LogP contribution in [0.3, 0.4) is 0 Å². The molecule has 0 radical (unpaired) electrons. The standard InChI is InChI=1S/C17H21NO7/c1-8-9(2)17(24)25-14-5-10(3-4-11(8)14)18-12(6-19)15(22)16(23)13(21)7-20/h3-6,12-13,15-16,18,20-23H,7H2,1-2H3/t12-,13+,15+,16+/m0/s1. The third-order valence-electron chi connectivity index (χ3n) is 4.24. The van der Waals surface area contributed by atoms with Crippen LogP contribution in [-0.2, 0) is 4.79 Å². The largest absolute Gasteiger partial charge is 0.422 e. The molecule has 0 saturated carbocycles. The van der Waals surface area contributed by atoms with Gasteiger partial charge in [0.2, 0.25) is 0 Å². The van der Waals surface area contributed by atoms with Gasteiger partial charge in [0.15, 0.2) is 0 Å². The number of aliphatic hydroxyl groups excluding tert-OH is 4. The molecule has 2 rings (SSSR count). The van der Waals surface area contributed by atoms with Gasteiger partial charge in [0, 0.05) is 22.7 Å². The first kappa shape index (κ1) is 19.1. The fourth-order valence-electron chi connectivity index (χ4n) is 2.48. The van der Waals surface area contributed by atoms with E-state index in [4.69, 9.17) is 9.52 Å². The maximum absolute atomic E-state index is 11.8. The van der Waals surface area contributed by atoms with Gasteiger partial charge in [-0.15, -0.1) is 0 Å². The molecule has 1 aromatic carbocycles. The zero-order chi connectivity index (χ0) is 18.7. The Morgan fingerprint density at radius 3 is 2.44 bits per heavy atom. The van der Waals surface area contributed by atoms with Gasteiger partial charge in [0.25, 0.3) is 0 Å². The van der Waals surface area contributed by atoms with Crippen LogP contribution in [0.1, 0.15) is 11.1 Å². The molecular weight excluding hydrogens is 330 g/mol. The molecule has 1 aromatic heterocycles. The number of hydrogen-bond acceptors (Lipinski definition) is 8. The van der Waals surface area contributed by atoms with Gasteiger partial charge in [-0.3, -0.25) is 0 Å². The SMILES string of the molecule is Cc1c(C)c2ccc(N[C@@H](C=O)[C@@H](O)[C@H](O)[C@H](O)CO)cc2oc1=O. The van der Waals surface area contributed by atoms with E-state index in [1.165, 1.54) is 6.07 Å². The molecular formula is C17H21NO7. The minimum absolute atomic E-state index is 0.313. The molecule has 5 N–H and O–H groups in total. The molecule has 0 bridgehead atoms. The smallest absolute Gasteiger partial charge is 0.339 e. The summed E-state index contributed by atoms with van der Waals surface area (Å²) in [5, 5.41) is 41.4. The molecule has 2 aromatic rings. The van der Waals surface area contributed by atoms with E-state index in [0.717, 1.165) is 10.9 Å². The highest BCUT2D eigenvalue weighted by Crippen LogP contribution is 2.23. The Hall–Kier alpha value is -2.26. The summed E-state index contributed by atoms with van der Waals surface area (Å²) in [5.74, 6) is 0. The van der Waals surface area contributed by atoms with Gasteiger partial charge in [-0.05, 0) is 31.5 Å². The molecule has 0 fully saturated rings. The number of hydrogen-bond donors (Lipinski definition) is 5.